The minimum atomic E-state index is -1.60. The van der Waals surface area contributed by atoms with Gasteiger partial charge in [0.25, 0.3) is 5.91 Å². The van der Waals surface area contributed by atoms with Crippen LogP contribution in [0.5, 0.6) is 5.75 Å². The topological polar surface area (TPSA) is 208 Å². The molecule has 2 heterocycles. The molecule has 1 fully saturated rings. The number of aliphatic hydroxyl groups excluding tert-OH is 2. The van der Waals surface area contributed by atoms with Crippen LogP contribution in [0.3, 0.4) is 0 Å². The summed E-state index contributed by atoms with van der Waals surface area (Å²) in [5.41, 5.74) is 1.27. The summed E-state index contributed by atoms with van der Waals surface area (Å²) in [7, 11) is 0. The predicted molar refractivity (Wildman–Crippen MR) is 225 cm³/mol. The minimum absolute atomic E-state index is 0.0665. The van der Waals surface area contributed by atoms with Crippen LogP contribution in [0.4, 0.5) is 0 Å². The van der Waals surface area contributed by atoms with Crippen LogP contribution in [0.2, 0.25) is 0 Å². The van der Waals surface area contributed by atoms with Gasteiger partial charge >= 0.3 is 0 Å². The molecule has 1 saturated carbocycles. The molecular formula is C45H61N7O7. The van der Waals surface area contributed by atoms with Crippen LogP contribution in [-0.4, -0.2) is 85.7 Å². The molecule has 5 rings (SSSR count). The quantitative estimate of drug-likeness (QED) is 0.0637. The molecular weight excluding hydrogens is 751 g/mol. The maximum atomic E-state index is 14.2. The van der Waals surface area contributed by atoms with Crippen LogP contribution in [0.1, 0.15) is 84.0 Å². The summed E-state index contributed by atoms with van der Waals surface area (Å²) in [5.74, 6) is -3.19. The van der Waals surface area contributed by atoms with E-state index in [1.165, 1.54) is 6.33 Å². The Labute approximate surface area is 346 Å². The number of ether oxygens (including phenoxy) is 1. The average molecular weight is 812 g/mol. The average Bonchev–Trinajstić information content (AvgIpc) is 3.76. The summed E-state index contributed by atoms with van der Waals surface area (Å²) in [4.78, 5) is 66.5. The molecule has 14 heteroatoms. The summed E-state index contributed by atoms with van der Waals surface area (Å²) >= 11 is 0. The molecule has 1 aliphatic carbocycles. The second kappa shape index (κ2) is 22.1. The molecule has 0 radical (unpaired) electrons. The number of aromatic nitrogens is 3. The van der Waals surface area contributed by atoms with E-state index < -0.39 is 59.9 Å². The van der Waals surface area contributed by atoms with Gasteiger partial charge in [-0.15, -0.1) is 0 Å². The second-order valence-electron chi connectivity index (χ2n) is 16.2. The van der Waals surface area contributed by atoms with Crippen LogP contribution in [0.25, 0.3) is 10.8 Å². The van der Waals surface area contributed by atoms with Crippen molar-refractivity contribution in [2.24, 2.45) is 23.7 Å². The lowest BCUT2D eigenvalue weighted by molar-refractivity contribution is -0.141. The largest absolute Gasteiger partial charge is 0.483 e. The van der Waals surface area contributed by atoms with Gasteiger partial charge < -0.3 is 41.2 Å². The van der Waals surface area contributed by atoms with Crippen LogP contribution in [0, 0.1) is 23.7 Å². The fourth-order valence-corrected chi connectivity index (χ4v) is 7.92. The predicted octanol–water partition coefficient (Wildman–Crippen LogP) is 4.36. The van der Waals surface area contributed by atoms with Crippen molar-refractivity contribution in [2.75, 3.05) is 6.61 Å². The fraction of sp³-hybridized carbons (Fsp3) is 0.511. The molecule has 0 aliphatic heterocycles. The standard InChI is InChI=1S/C45H61N7O7/c1-5-29(4)40(45(58)48-25-32-18-11-12-21-47-32)52-44(57)39(28(2)3)42(55)41(54)35(22-30-14-7-6-8-15-30)51-43(56)36(23-33-24-46-27-49-33)50-38(53)26-59-37-20-13-17-31-16-9-10-19-34(31)37/h9-13,16-21,24,27-30,35-36,39-42,54-55H,5-8,14-15,22-23,25-26H2,1-4H3,(H,46,49)(H,48,58)(H,50,53)(H,51,56)(H,52,57)/t29?,35-,36-,39+,40?,41+,42+/m0/s1. The van der Waals surface area contributed by atoms with Crippen LogP contribution in [0.15, 0.2) is 79.4 Å². The van der Waals surface area contributed by atoms with Crippen molar-refractivity contribution >= 4 is 34.4 Å². The van der Waals surface area contributed by atoms with Gasteiger partial charge in [-0.2, -0.15) is 0 Å². The zero-order valence-electron chi connectivity index (χ0n) is 34.6. The first-order valence-electron chi connectivity index (χ1n) is 21.0. The SMILES string of the molecule is CCC(C)C(NC(=O)[C@H](C(C)C)[C@@H](O)[C@H](O)[C@H](CC1CCCCC1)NC(=O)[C@H](Cc1cnc[nH]1)NC(=O)COc1cccc2ccccc12)C(=O)NCc1ccccn1. The van der Waals surface area contributed by atoms with Gasteiger partial charge in [-0.1, -0.05) is 109 Å². The maximum Gasteiger partial charge on any atom is 0.258 e. The molecule has 7 atom stereocenters. The lowest BCUT2D eigenvalue weighted by Gasteiger charge is -2.37. The lowest BCUT2D eigenvalue weighted by atomic mass is 9.79. The number of amides is 4. The van der Waals surface area contributed by atoms with Gasteiger partial charge in [0, 0.05) is 29.9 Å². The van der Waals surface area contributed by atoms with Gasteiger partial charge in [0.15, 0.2) is 6.61 Å². The number of hydrogen-bond donors (Lipinski definition) is 7. The highest BCUT2D eigenvalue weighted by atomic mass is 16.5. The molecule has 0 saturated heterocycles. The Kier molecular flexibility index (Phi) is 16.8. The molecule has 2 unspecified atom stereocenters. The van der Waals surface area contributed by atoms with E-state index in [1.54, 1.807) is 44.4 Å². The number of carbonyl (C=O) groups excluding carboxylic acids is 4. The first-order chi connectivity index (χ1) is 28.4. The fourth-order valence-electron chi connectivity index (χ4n) is 7.92. The number of hydrogen-bond acceptors (Lipinski definition) is 9. The normalized spacial score (nSPS) is 16.9. The highest BCUT2D eigenvalue weighted by Crippen LogP contribution is 2.30. The van der Waals surface area contributed by atoms with Gasteiger partial charge in [-0.05, 0) is 47.8 Å². The number of pyridine rings is 1. The zero-order chi connectivity index (χ0) is 42.3. The molecule has 14 nitrogen and oxygen atoms in total. The Hall–Kier alpha value is -5.34. The molecule has 0 spiro atoms. The molecule has 59 heavy (non-hydrogen) atoms. The molecule has 4 amide bonds. The third-order valence-electron chi connectivity index (χ3n) is 11.5. The number of H-pyrrole nitrogens is 1. The third kappa shape index (κ3) is 12.8. The first kappa shape index (κ1) is 44.8. The number of imidazole rings is 1. The van der Waals surface area contributed by atoms with Crippen molar-refractivity contribution in [2.45, 2.75) is 116 Å². The van der Waals surface area contributed by atoms with Crippen LogP contribution < -0.4 is 26.0 Å². The van der Waals surface area contributed by atoms with Crippen molar-refractivity contribution in [1.29, 1.82) is 0 Å². The summed E-state index contributed by atoms with van der Waals surface area (Å²) in [6.45, 7) is 7.16. The summed E-state index contributed by atoms with van der Waals surface area (Å²) < 4.78 is 5.91. The van der Waals surface area contributed by atoms with Gasteiger partial charge in [0.2, 0.25) is 17.7 Å². The lowest BCUT2D eigenvalue weighted by Crippen LogP contribution is -2.59. The molecule has 4 aromatic rings. The van der Waals surface area contributed by atoms with E-state index in [2.05, 4.69) is 36.2 Å². The van der Waals surface area contributed by atoms with Crippen molar-refractivity contribution in [3.8, 4) is 5.75 Å². The van der Waals surface area contributed by atoms with E-state index in [4.69, 9.17) is 4.74 Å². The number of aromatic amines is 1. The van der Waals surface area contributed by atoms with Gasteiger partial charge in [0.1, 0.15) is 23.9 Å². The highest BCUT2D eigenvalue weighted by Gasteiger charge is 2.41. The number of aliphatic hydroxyl groups is 2. The third-order valence-corrected chi connectivity index (χ3v) is 11.5. The van der Waals surface area contributed by atoms with E-state index in [-0.39, 0.29) is 37.3 Å². The number of nitrogens with zero attached hydrogens (tertiary/aromatic N) is 2. The number of nitrogens with one attached hydrogen (secondary N) is 5. The zero-order valence-corrected chi connectivity index (χ0v) is 34.6. The van der Waals surface area contributed by atoms with Crippen molar-refractivity contribution < 1.29 is 34.1 Å². The Morgan fingerprint density at radius 1 is 0.864 bits per heavy atom. The Morgan fingerprint density at radius 2 is 1.61 bits per heavy atom. The van der Waals surface area contributed by atoms with E-state index in [9.17, 15) is 29.4 Å². The van der Waals surface area contributed by atoms with E-state index in [1.807, 2.05) is 56.3 Å². The van der Waals surface area contributed by atoms with Crippen molar-refractivity contribution in [1.82, 2.24) is 36.2 Å². The van der Waals surface area contributed by atoms with E-state index in [0.29, 0.717) is 30.0 Å². The Balaban J connectivity index is 1.32. The smallest absolute Gasteiger partial charge is 0.258 e. The molecule has 2 aromatic heterocycles. The van der Waals surface area contributed by atoms with Gasteiger partial charge in [0.05, 0.1) is 36.6 Å². The maximum absolute atomic E-state index is 14.2. The molecule has 1 aliphatic rings. The first-order valence-corrected chi connectivity index (χ1v) is 21.0. The highest BCUT2D eigenvalue weighted by molar-refractivity contribution is 5.91. The number of rotatable bonds is 21. The second-order valence-corrected chi connectivity index (χ2v) is 16.2. The monoisotopic (exact) mass is 811 g/mol. The Morgan fingerprint density at radius 3 is 2.31 bits per heavy atom. The Bertz CT molecular complexity index is 1930. The minimum Gasteiger partial charge on any atom is -0.483 e. The van der Waals surface area contributed by atoms with E-state index in [0.717, 1.165) is 42.9 Å². The number of benzene rings is 2. The van der Waals surface area contributed by atoms with Crippen molar-refractivity contribution in [3.05, 3.63) is 90.8 Å². The van der Waals surface area contributed by atoms with Crippen LogP contribution >= 0.6 is 0 Å². The number of carbonyl (C=O) groups is 4. The summed E-state index contributed by atoms with van der Waals surface area (Å²) in [6, 6.07) is 15.7. The molecule has 0 bridgehead atoms. The van der Waals surface area contributed by atoms with Crippen LogP contribution in [-0.2, 0) is 32.1 Å². The molecule has 7 N–H and O–H groups in total. The molecule has 2 aromatic carbocycles. The van der Waals surface area contributed by atoms with E-state index >= 15 is 0 Å². The van der Waals surface area contributed by atoms with Gasteiger partial charge in [-0.3, -0.25) is 24.2 Å². The van der Waals surface area contributed by atoms with Crippen molar-refractivity contribution in [3.63, 3.8) is 0 Å². The van der Waals surface area contributed by atoms with Gasteiger partial charge in [-0.25, -0.2) is 4.98 Å². The molecule has 318 valence electrons. The summed E-state index contributed by atoms with van der Waals surface area (Å²) in [6.07, 6.45) is 7.45. The summed E-state index contributed by atoms with van der Waals surface area (Å²) in [5, 5.41) is 37.2. The number of fused-ring (bicyclic) bond motifs is 1.